The Kier molecular flexibility index (Phi) is 7.36. The lowest BCUT2D eigenvalue weighted by atomic mass is 9.97. The fraction of sp³-hybridized carbons (Fsp3) is 0. The van der Waals surface area contributed by atoms with Crippen molar-refractivity contribution >= 4 is 54.5 Å². The molecule has 0 aliphatic rings. The second kappa shape index (κ2) is 13.0. The molecule has 0 unspecified atom stereocenters. The maximum atomic E-state index is 5.24. The van der Waals surface area contributed by atoms with Crippen molar-refractivity contribution in [2.45, 2.75) is 0 Å². The van der Waals surface area contributed by atoms with E-state index in [9.17, 15) is 0 Å². The molecule has 0 spiro atoms. The van der Waals surface area contributed by atoms with Crippen LogP contribution in [0.3, 0.4) is 0 Å². The van der Waals surface area contributed by atoms with Crippen molar-refractivity contribution < 1.29 is 0 Å². The minimum absolute atomic E-state index is 0.641. The number of nitrogens with zero attached hydrogens (tertiary/aromatic N) is 4. The van der Waals surface area contributed by atoms with Gasteiger partial charge < -0.3 is 4.57 Å². The molecule has 3 aromatic heterocycles. The number of rotatable bonds is 4. The largest absolute Gasteiger partial charge is 0.309 e. The SMILES string of the molecule is C(#Cc1cc2c(cc1-c1ccccc1)c1ccccc1n2-c1ccccc1)c1ccc2c(c1)c1ccccc1n2-c1nc(-c2ccccc2)c2ccccc2n1. The van der Waals surface area contributed by atoms with Gasteiger partial charge in [-0.2, -0.15) is 0 Å². The second-order valence-corrected chi connectivity index (χ2v) is 14.1. The highest BCUT2D eigenvalue weighted by molar-refractivity contribution is 6.12. The van der Waals surface area contributed by atoms with Crippen LogP contribution in [0.2, 0.25) is 0 Å². The van der Waals surface area contributed by atoms with E-state index in [1.54, 1.807) is 0 Å². The average molecular weight is 713 g/mol. The third kappa shape index (κ3) is 5.18. The third-order valence-electron chi connectivity index (χ3n) is 10.8. The van der Waals surface area contributed by atoms with Gasteiger partial charge in [-0.05, 0) is 71.8 Å². The summed E-state index contributed by atoms with van der Waals surface area (Å²) in [4.78, 5) is 10.4. The van der Waals surface area contributed by atoms with Gasteiger partial charge in [0.2, 0.25) is 5.95 Å². The fourth-order valence-electron chi connectivity index (χ4n) is 8.22. The van der Waals surface area contributed by atoms with Crippen molar-refractivity contribution in [3.05, 3.63) is 205 Å². The molecule has 3 heterocycles. The molecule has 11 rings (SSSR count). The molecule has 0 aliphatic carbocycles. The normalized spacial score (nSPS) is 11.4. The van der Waals surface area contributed by atoms with E-state index >= 15 is 0 Å². The molecular formula is C52H32N4. The van der Waals surface area contributed by atoms with E-state index in [0.717, 1.165) is 77.4 Å². The Labute approximate surface area is 323 Å². The Morgan fingerprint density at radius 1 is 0.375 bits per heavy atom. The van der Waals surface area contributed by atoms with Crippen LogP contribution in [0.4, 0.5) is 0 Å². The molecular weight excluding hydrogens is 681 g/mol. The number of hydrogen-bond donors (Lipinski definition) is 0. The van der Waals surface area contributed by atoms with E-state index in [2.05, 4.69) is 197 Å². The van der Waals surface area contributed by atoms with Crippen molar-refractivity contribution in [3.8, 4) is 45.9 Å². The highest BCUT2D eigenvalue weighted by Gasteiger charge is 2.18. The fourth-order valence-corrected chi connectivity index (χ4v) is 8.22. The Balaban J connectivity index is 1.10. The summed E-state index contributed by atoms with van der Waals surface area (Å²) in [6.45, 7) is 0. The lowest BCUT2D eigenvalue weighted by Crippen LogP contribution is -2.03. The summed E-state index contributed by atoms with van der Waals surface area (Å²) >= 11 is 0. The quantitative estimate of drug-likeness (QED) is 0.170. The Morgan fingerprint density at radius 2 is 0.946 bits per heavy atom. The van der Waals surface area contributed by atoms with Gasteiger partial charge in [-0.15, -0.1) is 0 Å². The number of fused-ring (bicyclic) bond motifs is 7. The molecule has 4 nitrogen and oxygen atoms in total. The molecule has 0 radical (unpaired) electrons. The van der Waals surface area contributed by atoms with Crippen molar-refractivity contribution in [2.75, 3.05) is 0 Å². The van der Waals surface area contributed by atoms with Crippen LogP contribution < -0.4 is 0 Å². The molecule has 0 N–H and O–H groups in total. The molecule has 56 heavy (non-hydrogen) atoms. The Morgan fingerprint density at radius 3 is 1.68 bits per heavy atom. The number of aromatic nitrogens is 4. The zero-order valence-corrected chi connectivity index (χ0v) is 30.3. The van der Waals surface area contributed by atoms with Gasteiger partial charge in [0.1, 0.15) is 0 Å². The van der Waals surface area contributed by atoms with Gasteiger partial charge in [0.05, 0.1) is 33.3 Å². The van der Waals surface area contributed by atoms with Crippen LogP contribution in [0, 0.1) is 11.8 Å². The van der Waals surface area contributed by atoms with E-state index in [0.29, 0.717) is 5.95 Å². The van der Waals surface area contributed by atoms with Crippen molar-refractivity contribution in [1.82, 2.24) is 19.1 Å². The molecule has 0 saturated heterocycles. The van der Waals surface area contributed by atoms with Gasteiger partial charge in [0.25, 0.3) is 0 Å². The Bertz CT molecular complexity index is 3350. The predicted octanol–water partition coefficient (Wildman–Crippen LogP) is 12.6. The molecule has 4 heteroatoms. The number of hydrogen-bond acceptors (Lipinski definition) is 2. The highest BCUT2D eigenvalue weighted by atomic mass is 15.2. The van der Waals surface area contributed by atoms with Crippen LogP contribution >= 0.6 is 0 Å². The maximum Gasteiger partial charge on any atom is 0.235 e. The first-order valence-electron chi connectivity index (χ1n) is 18.8. The van der Waals surface area contributed by atoms with Crippen molar-refractivity contribution in [1.29, 1.82) is 0 Å². The van der Waals surface area contributed by atoms with Gasteiger partial charge in [-0.25, -0.2) is 9.97 Å². The predicted molar refractivity (Wildman–Crippen MR) is 232 cm³/mol. The summed E-state index contributed by atoms with van der Waals surface area (Å²) in [5.74, 6) is 7.88. The Hall–Kier alpha value is -7.74. The summed E-state index contributed by atoms with van der Waals surface area (Å²) < 4.78 is 4.54. The van der Waals surface area contributed by atoms with Crippen LogP contribution in [-0.4, -0.2) is 19.1 Å². The minimum Gasteiger partial charge on any atom is -0.309 e. The van der Waals surface area contributed by atoms with Gasteiger partial charge in [-0.1, -0.05) is 145 Å². The smallest absolute Gasteiger partial charge is 0.235 e. The van der Waals surface area contributed by atoms with Crippen molar-refractivity contribution in [3.63, 3.8) is 0 Å². The topological polar surface area (TPSA) is 35.6 Å². The first-order valence-corrected chi connectivity index (χ1v) is 18.8. The van der Waals surface area contributed by atoms with E-state index in [4.69, 9.17) is 9.97 Å². The zero-order valence-electron chi connectivity index (χ0n) is 30.3. The second-order valence-electron chi connectivity index (χ2n) is 14.1. The van der Waals surface area contributed by atoms with E-state index in [1.165, 1.54) is 16.3 Å². The first kappa shape index (κ1) is 31.8. The van der Waals surface area contributed by atoms with Crippen LogP contribution in [0.5, 0.6) is 0 Å². The van der Waals surface area contributed by atoms with E-state index in [-0.39, 0.29) is 0 Å². The van der Waals surface area contributed by atoms with Crippen molar-refractivity contribution in [2.24, 2.45) is 0 Å². The molecule has 11 aromatic rings. The number of benzene rings is 8. The summed E-state index contributed by atoms with van der Waals surface area (Å²) in [5.41, 5.74) is 12.5. The molecule has 0 atom stereocenters. The lowest BCUT2D eigenvalue weighted by Gasteiger charge is -2.11. The number of para-hydroxylation sites is 4. The molecule has 8 aromatic carbocycles. The lowest BCUT2D eigenvalue weighted by molar-refractivity contribution is 1.01. The van der Waals surface area contributed by atoms with E-state index in [1.807, 2.05) is 18.2 Å². The van der Waals surface area contributed by atoms with Crippen LogP contribution in [0.15, 0.2) is 194 Å². The summed E-state index contributed by atoms with van der Waals surface area (Å²) in [6.07, 6.45) is 0. The third-order valence-corrected chi connectivity index (χ3v) is 10.8. The van der Waals surface area contributed by atoms with Crippen LogP contribution in [0.25, 0.3) is 88.5 Å². The highest BCUT2D eigenvalue weighted by Crippen LogP contribution is 2.38. The standard InChI is InChI=1S/C52H32N4/c1-4-16-36(17-5-1)43-34-45-41-23-11-14-26-47(41)55(39-20-8-3-9-21-39)50(45)33-38(43)30-28-35-29-31-49-44(32-35)40-22-12-15-27-48(40)56(49)52-53-46-25-13-10-24-42(46)51(54-52)37-18-6-2-7-19-37/h1-27,29,31-34H. The van der Waals surface area contributed by atoms with Gasteiger partial charge in [0, 0.05) is 49.3 Å². The van der Waals surface area contributed by atoms with Crippen LogP contribution in [-0.2, 0) is 0 Å². The molecule has 0 bridgehead atoms. The molecule has 0 saturated carbocycles. The maximum absolute atomic E-state index is 5.24. The summed E-state index contributed by atoms with van der Waals surface area (Å²) in [6, 6.07) is 68.0. The van der Waals surface area contributed by atoms with Gasteiger partial charge in [0.15, 0.2) is 0 Å². The average Bonchev–Trinajstić information content (AvgIpc) is 3.78. The minimum atomic E-state index is 0.641. The summed E-state index contributed by atoms with van der Waals surface area (Å²) in [7, 11) is 0. The first-order chi connectivity index (χ1) is 27.8. The summed E-state index contributed by atoms with van der Waals surface area (Å²) in [5, 5.41) is 5.68. The zero-order chi connectivity index (χ0) is 37.0. The monoisotopic (exact) mass is 712 g/mol. The molecule has 0 fully saturated rings. The molecule has 0 amide bonds. The molecule has 260 valence electrons. The van der Waals surface area contributed by atoms with Gasteiger partial charge >= 0.3 is 0 Å². The van der Waals surface area contributed by atoms with Gasteiger partial charge in [-0.3, -0.25) is 4.57 Å². The van der Waals surface area contributed by atoms with Crippen LogP contribution in [0.1, 0.15) is 11.1 Å². The van der Waals surface area contributed by atoms with E-state index < -0.39 is 0 Å². The molecule has 0 aliphatic heterocycles.